The Morgan fingerprint density at radius 1 is 1.16 bits per heavy atom. The first-order valence-electron chi connectivity index (χ1n) is 10.9. The molecule has 0 radical (unpaired) electrons. The first-order chi connectivity index (χ1) is 15.1. The van der Waals surface area contributed by atoms with Crippen molar-refractivity contribution in [2.24, 2.45) is 7.05 Å². The third-order valence-corrected chi connectivity index (χ3v) is 7.77. The Kier molecular flexibility index (Phi) is 7.40. The van der Waals surface area contributed by atoms with E-state index in [0.717, 1.165) is 24.8 Å². The van der Waals surface area contributed by atoms with E-state index in [1.165, 1.54) is 28.1 Å². The Hall–Kier alpha value is -2.65. The number of carbonyl (C=O) groups excluding carboxylic acids is 2. The van der Waals surface area contributed by atoms with Crippen LogP contribution in [0.2, 0.25) is 0 Å². The Balaban J connectivity index is 1.70. The van der Waals surface area contributed by atoms with E-state index in [-0.39, 0.29) is 16.5 Å². The fourth-order valence-electron chi connectivity index (χ4n) is 3.73. The molecule has 1 aliphatic rings. The summed E-state index contributed by atoms with van der Waals surface area (Å²) in [5.74, 6) is -0.940. The molecule has 3 rings (SSSR count). The Labute approximate surface area is 189 Å². The fraction of sp³-hybridized carbons (Fsp3) is 0.478. The highest BCUT2D eigenvalue weighted by atomic mass is 32.2. The average Bonchev–Trinajstić information content (AvgIpc) is 3.44. The number of nitrogens with zero attached hydrogens (tertiary/aromatic N) is 2. The molecule has 0 aliphatic carbocycles. The summed E-state index contributed by atoms with van der Waals surface area (Å²) in [7, 11) is -2.07. The van der Waals surface area contributed by atoms with Gasteiger partial charge in [-0.2, -0.15) is 4.31 Å². The maximum atomic E-state index is 12.8. The zero-order chi connectivity index (χ0) is 23.5. The summed E-state index contributed by atoms with van der Waals surface area (Å²) in [6, 6.07) is 8.85. The number of hydrogen-bond donors (Lipinski definition) is 1. The molecule has 1 N–H and O–H groups in total. The monoisotopic (exact) mass is 461 g/mol. The topological polar surface area (TPSA) is 97.7 Å². The van der Waals surface area contributed by atoms with Crippen LogP contribution in [0, 0.1) is 0 Å². The highest BCUT2D eigenvalue weighted by Crippen LogP contribution is 2.27. The lowest BCUT2D eigenvalue weighted by atomic mass is 9.97. The highest BCUT2D eigenvalue weighted by Gasteiger charge is 2.30. The molecule has 2 heterocycles. The lowest BCUT2D eigenvalue weighted by molar-refractivity contribution is -0.123. The molecule has 174 valence electrons. The molecule has 32 heavy (non-hydrogen) atoms. The molecule has 0 spiro atoms. The molecule has 1 aromatic carbocycles. The molecule has 0 saturated carbocycles. The molecule has 8 nitrogen and oxygen atoms in total. The number of benzene rings is 1. The maximum absolute atomic E-state index is 12.8. The zero-order valence-corrected chi connectivity index (χ0v) is 19.8. The summed E-state index contributed by atoms with van der Waals surface area (Å²) >= 11 is 0. The smallest absolute Gasteiger partial charge is 0.355 e. The number of sulfonamides is 1. The quantitative estimate of drug-likeness (QED) is 0.607. The molecular formula is C23H31N3O5S. The van der Waals surface area contributed by atoms with Crippen LogP contribution in [0.25, 0.3) is 0 Å². The minimum Gasteiger partial charge on any atom is -0.448 e. The van der Waals surface area contributed by atoms with Crippen molar-refractivity contribution in [2.45, 2.75) is 57.0 Å². The third-order valence-electron chi connectivity index (χ3n) is 5.91. The molecule has 1 amide bonds. The molecule has 2 aromatic rings. The van der Waals surface area contributed by atoms with Crippen molar-refractivity contribution in [1.29, 1.82) is 0 Å². The molecule has 1 saturated heterocycles. The Morgan fingerprint density at radius 3 is 2.47 bits per heavy atom. The molecular weight excluding hydrogens is 430 g/mol. The van der Waals surface area contributed by atoms with E-state index in [9.17, 15) is 18.0 Å². The summed E-state index contributed by atoms with van der Waals surface area (Å²) in [6.07, 6.45) is 2.92. The van der Waals surface area contributed by atoms with Gasteiger partial charge in [-0.3, -0.25) is 4.79 Å². The van der Waals surface area contributed by atoms with Crippen molar-refractivity contribution in [1.82, 2.24) is 8.87 Å². The number of anilines is 1. The van der Waals surface area contributed by atoms with E-state index in [4.69, 9.17) is 4.74 Å². The van der Waals surface area contributed by atoms with Gasteiger partial charge in [-0.15, -0.1) is 0 Å². The van der Waals surface area contributed by atoms with Crippen molar-refractivity contribution in [3.8, 4) is 0 Å². The fourth-order valence-corrected chi connectivity index (χ4v) is 5.31. The molecule has 1 aromatic heterocycles. The highest BCUT2D eigenvalue weighted by molar-refractivity contribution is 7.89. The molecule has 0 bridgehead atoms. The van der Waals surface area contributed by atoms with E-state index in [2.05, 4.69) is 19.2 Å². The van der Waals surface area contributed by atoms with Gasteiger partial charge in [0.2, 0.25) is 10.0 Å². The van der Waals surface area contributed by atoms with Crippen LogP contribution < -0.4 is 5.32 Å². The van der Waals surface area contributed by atoms with Crippen molar-refractivity contribution in [3.05, 3.63) is 47.8 Å². The van der Waals surface area contributed by atoms with Gasteiger partial charge in [0.05, 0.1) is 0 Å². The molecule has 1 fully saturated rings. The molecule has 9 heteroatoms. The van der Waals surface area contributed by atoms with E-state index >= 15 is 0 Å². The van der Waals surface area contributed by atoms with E-state index in [1.807, 2.05) is 24.3 Å². The zero-order valence-electron chi connectivity index (χ0n) is 19.0. The summed E-state index contributed by atoms with van der Waals surface area (Å²) < 4.78 is 33.7. The molecule has 2 atom stereocenters. The number of aryl methyl sites for hydroxylation is 1. The van der Waals surface area contributed by atoms with Crippen molar-refractivity contribution in [2.75, 3.05) is 18.4 Å². The van der Waals surface area contributed by atoms with Crippen molar-refractivity contribution >= 4 is 27.6 Å². The summed E-state index contributed by atoms with van der Waals surface area (Å²) in [4.78, 5) is 25.4. The predicted molar refractivity (Wildman–Crippen MR) is 122 cm³/mol. The van der Waals surface area contributed by atoms with Crippen LogP contribution in [0.15, 0.2) is 41.4 Å². The van der Waals surface area contributed by atoms with Crippen LogP contribution in [0.4, 0.5) is 5.69 Å². The standard InChI is InChI=1S/C23H31N3O5S/c1-5-16(2)19-10-6-7-11-20(19)24-22(27)17(3)31-23(28)21-14-18(15-25(21)4)32(29,30)26-12-8-9-13-26/h6-7,10-11,14-17H,5,8-9,12-13H2,1-4H3,(H,24,27). The Morgan fingerprint density at radius 2 is 1.81 bits per heavy atom. The van der Waals surface area contributed by atoms with Gasteiger partial charge >= 0.3 is 5.97 Å². The van der Waals surface area contributed by atoms with Crippen LogP contribution >= 0.6 is 0 Å². The van der Waals surface area contributed by atoms with Crippen LogP contribution in [-0.4, -0.2) is 48.4 Å². The maximum Gasteiger partial charge on any atom is 0.355 e. The lowest BCUT2D eigenvalue weighted by Gasteiger charge is -2.18. The number of rotatable bonds is 8. The number of nitrogens with one attached hydrogen (secondary N) is 1. The van der Waals surface area contributed by atoms with Gasteiger partial charge in [0.1, 0.15) is 10.6 Å². The van der Waals surface area contributed by atoms with Gasteiger partial charge in [0, 0.05) is 32.0 Å². The second-order valence-electron chi connectivity index (χ2n) is 8.22. The van der Waals surface area contributed by atoms with Gasteiger partial charge in [0.15, 0.2) is 6.10 Å². The number of hydrogen-bond acceptors (Lipinski definition) is 5. The number of ether oxygens (including phenoxy) is 1. The minimum absolute atomic E-state index is 0.0495. The number of para-hydroxylation sites is 1. The van der Waals surface area contributed by atoms with Gasteiger partial charge in [-0.25, -0.2) is 13.2 Å². The van der Waals surface area contributed by atoms with Gasteiger partial charge < -0.3 is 14.6 Å². The summed E-state index contributed by atoms with van der Waals surface area (Å²) in [6.45, 7) is 6.60. The molecule has 1 aliphatic heterocycles. The average molecular weight is 462 g/mol. The van der Waals surface area contributed by atoms with Gasteiger partial charge in [-0.1, -0.05) is 32.0 Å². The predicted octanol–water partition coefficient (Wildman–Crippen LogP) is 3.51. The summed E-state index contributed by atoms with van der Waals surface area (Å²) in [5.41, 5.74) is 1.77. The van der Waals surface area contributed by atoms with Crippen LogP contribution in [0.1, 0.15) is 62.0 Å². The van der Waals surface area contributed by atoms with Crippen LogP contribution in [-0.2, 0) is 26.6 Å². The lowest BCUT2D eigenvalue weighted by Crippen LogP contribution is -2.31. The summed E-state index contributed by atoms with van der Waals surface area (Å²) in [5, 5.41) is 2.84. The SMILES string of the molecule is CCC(C)c1ccccc1NC(=O)C(C)OC(=O)c1cc(S(=O)(=O)N2CCCC2)cn1C. The van der Waals surface area contributed by atoms with Crippen molar-refractivity contribution in [3.63, 3.8) is 0 Å². The van der Waals surface area contributed by atoms with E-state index in [0.29, 0.717) is 18.8 Å². The third kappa shape index (κ3) is 5.05. The minimum atomic E-state index is -3.65. The van der Waals surface area contributed by atoms with Crippen LogP contribution in [0.5, 0.6) is 0 Å². The largest absolute Gasteiger partial charge is 0.448 e. The van der Waals surface area contributed by atoms with Crippen LogP contribution in [0.3, 0.4) is 0 Å². The second-order valence-corrected chi connectivity index (χ2v) is 10.2. The first kappa shape index (κ1) is 24.0. The first-order valence-corrected chi connectivity index (χ1v) is 12.4. The number of amides is 1. The van der Waals surface area contributed by atoms with Crippen molar-refractivity contribution < 1.29 is 22.7 Å². The normalized spacial score (nSPS) is 16.5. The molecule has 2 unspecified atom stereocenters. The van der Waals surface area contributed by atoms with E-state index < -0.39 is 28.0 Å². The van der Waals surface area contributed by atoms with Gasteiger partial charge in [0.25, 0.3) is 5.91 Å². The number of esters is 1. The Bertz CT molecular complexity index is 1090. The van der Waals surface area contributed by atoms with E-state index in [1.54, 1.807) is 7.05 Å². The second kappa shape index (κ2) is 9.87. The number of carbonyl (C=O) groups is 2. The van der Waals surface area contributed by atoms with Gasteiger partial charge in [-0.05, 0) is 49.8 Å². The number of aromatic nitrogens is 1.